The fourth-order valence-electron chi connectivity index (χ4n) is 2.08. The highest BCUT2D eigenvalue weighted by Crippen LogP contribution is 2.26. The molecule has 20 heavy (non-hydrogen) atoms. The van der Waals surface area contributed by atoms with Crippen molar-refractivity contribution in [1.82, 2.24) is 14.6 Å². The average Bonchev–Trinajstić information content (AvgIpc) is 2.77. The summed E-state index contributed by atoms with van der Waals surface area (Å²) in [5.74, 6) is -0.193. The lowest BCUT2D eigenvalue weighted by molar-refractivity contribution is -0.130. The molecule has 0 unspecified atom stereocenters. The van der Waals surface area contributed by atoms with E-state index in [1.165, 1.54) is 0 Å². The summed E-state index contributed by atoms with van der Waals surface area (Å²) in [6.45, 7) is 2.75. The maximum absolute atomic E-state index is 12.1. The Labute approximate surface area is 127 Å². The van der Waals surface area contributed by atoms with Crippen LogP contribution in [0.5, 0.6) is 0 Å². The quantitative estimate of drug-likeness (QED) is 0.900. The highest BCUT2D eigenvalue weighted by molar-refractivity contribution is 7.91. The molecule has 0 saturated carbocycles. The van der Waals surface area contributed by atoms with Crippen LogP contribution in [0, 0.1) is 6.92 Å². The molecule has 1 fully saturated rings. The molecule has 1 amide bonds. The Hall–Kier alpha value is -0.700. The van der Waals surface area contributed by atoms with Gasteiger partial charge >= 0.3 is 0 Å². The van der Waals surface area contributed by atoms with Crippen LogP contribution < -0.4 is 4.72 Å². The number of rotatable bonds is 4. The van der Waals surface area contributed by atoms with Crippen molar-refractivity contribution in [3.8, 4) is 0 Å². The predicted molar refractivity (Wildman–Crippen MR) is 77.5 cm³/mol. The first-order chi connectivity index (χ1) is 9.40. The molecule has 1 saturated heterocycles. The number of nitrogens with zero attached hydrogens (tertiary/aromatic N) is 2. The van der Waals surface area contributed by atoms with Crippen molar-refractivity contribution in [3.63, 3.8) is 0 Å². The van der Waals surface area contributed by atoms with E-state index in [1.807, 2.05) is 0 Å². The molecule has 1 aromatic rings. The first-order valence-electron chi connectivity index (χ1n) is 6.30. The second-order valence-corrected chi connectivity index (χ2v) is 8.15. The second kappa shape index (κ2) is 6.38. The lowest BCUT2D eigenvalue weighted by Crippen LogP contribution is -2.42. The molecule has 0 atom stereocenters. The van der Waals surface area contributed by atoms with Gasteiger partial charge in [-0.3, -0.25) is 4.79 Å². The summed E-state index contributed by atoms with van der Waals surface area (Å²) in [7, 11) is -3.73. The van der Waals surface area contributed by atoms with Crippen LogP contribution in [0.4, 0.5) is 0 Å². The number of carbonyl (C=O) groups excluding carboxylic acids is 1. The van der Waals surface area contributed by atoms with Gasteiger partial charge in [-0.2, -0.15) is 0 Å². The van der Waals surface area contributed by atoms with E-state index in [0.717, 1.165) is 30.6 Å². The van der Waals surface area contributed by atoms with Crippen LogP contribution in [0.2, 0.25) is 4.47 Å². The highest BCUT2D eigenvalue weighted by atomic mass is 35.5. The molecule has 1 aliphatic rings. The molecule has 0 spiro atoms. The summed E-state index contributed by atoms with van der Waals surface area (Å²) in [4.78, 5) is 17.5. The van der Waals surface area contributed by atoms with Crippen LogP contribution in [0.25, 0.3) is 0 Å². The Morgan fingerprint density at radius 2 is 2.05 bits per heavy atom. The number of carbonyl (C=O) groups is 1. The molecule has 2 heterocycles. The topological polar surface area (TPSA) is 79.4 Å². The molecule has 1 aliphatic heterocycles. The molecule has 9 heteroatoms. The van der Waals surface area contributed by atoms with Gasteiger partial charge in [-0.1, -0.05) is 22.9 Å². The van der Waals surface area contributed by atoms with Crippen molar-refractivity contribution >= 4 is 38.9 Å². The van der Waals surface area contributed by atoms with Crippen LogP contribution in [0.3, 0.4) is 0 Å². The number of likely N-dealkylation sites (tertiary alicyclic amines) is 1. The Morgan fingerprint density at radius 3 is 2.60 bits per heavy atom. The van der Waals surface area contributed by atoms with Gasteiger partial charge in [-0.15, -0.1) is 0 Å². The molecule has 1 N–H and O–H groups in total. The summed E-state index contributed by atoms with van der Waals surface area (Å²) < 4.78 is 26.7. The number of aromatic nitrogens is 1. The van der Waals surface area contributed by atoms with Crippen LogP contribution in [0.15, 0.2) is 4.21 Å². The molecule has 0 radical (unpaired) electrons. The van der Waals surface area contributed by atoms with Gasteiger partial charge in [0, 0.05) is 13.1 Å². The van der Waals surface area contributed by atoms with E-state index in [-0.39, 0.29) is 21.1 Å². The van der Waals surface area contributed by atoms with Gasteiger partial charge in [-0.25, -0.2) is 18.1 Å². The fraction of sp³-hybridized carbons (Fsp3) is 0.636. The van der Waals surface area contributed by atoms with E-state index >= 15 is 0 Å². The van der Waals surface area contributed by atoms with E-state index in [1.54, 1.807) is 11.8 Å². The number of nitrogens with one attached hydrogen (secondary N) is 1. The SMILES string of the molecule is Cc1nc(Cl)sc1S(=O)(=O)NCC(=O)N1CCCCC1. The minimum absolute atomic E-state index is 0.0638. The number of sulfonamides is 1. The van der Waals surface area contributed by atoms with E-state index < -0.39 is 10.0 Å². The Morgan fingerprint density at radius 1 is 1.40 bits per heavy atom. The molecule has 2 rings (SSSR count). The standard InChI is InChI=1S/C11H16ClN3O3S2/c1-8-10(19-11(12)14-8)20(17,18)13-7-9(16)15-5-3-2-4-6-15/h13H,2-7H2,1H3. The normalized spacial score (nSPS) is 16.4. The number of thiazole rings is 1. The predicted octanol–water partition coefficient (Wildman–Crippen LogP) is 1.40. The van der Waals surface area contributed by atoms with Gasteiger partial charge in [0.15, 0.2) is 8.68 Å². The maximum atomic E-state index is 12.1. The van der Waals surface area contributed by atoms with E-state index in [0.29, 0.717) is 18.8 Å². The smallest absolute Gasteiger partial charge is 0.252 e. The van der Waals surface area contributed by atoms with Crippen molar-refractivity contribution in [2.75, 3.05) is 19.6 Å². The van der Waals surface area contributed by atoms with Gasteiger partial charge in [-0.05, 0) is 26.2 Å². The van der Waals surface area contributed by atoms with Crippen molar-refractivity contribution in [1.29, 1.82) is 0 Å². The van der Waals surface area contributed by atoms with Gasteiger partial charge < -0.3 is 4.90 Å². The van der Waals surface area contributed by atoms with Gasteiger partial charge in [0.2, 0.25) is 5.91 Å². The third kappa shape index (κ3) is 3.69. The zero-order valence-corrected chi connectivity index (χ0v) is 13.4. The first-order valence-corrected chi connectivity index (χ1v) is 8.98. The van der Waals surface area contributed by atoms with Crippen LogP contribution >= 0.6 is 22.9 Å². The van der Waals surface area contributed by atoms with Crippen LogP contribution in [0.1, 0.15) is 25.0 Å². The first kappa shape index (κ1) is 15.7. The minimum Gasteiger partial charge on any atom is -0.342 e. The summed E-state index contributed by atoms with van der Waals surface area (Å²) in [5, 5.41) is 0. The van der Waals surface area contributed by atoms with Crippen LogP contribution in [-0.2, 0) is 14.8 Å². The molecule has 112 valence electrons. The zero-order valence-electron chi connectivity index (χ0n) is 11.1. The van der Waals surface area contributed by atoms with Crippen molar-refractivity contribution in [3.05, 3.63) is 10.2 Å². The number of halogens is 1. The summed E-state index contributed by atoms with van der Waals surface area (Å²) >= 11 is 6.58. The van der Waals surface area contributed by atoms with Crippen molar-refractivity contribution in [2.24, 2.45) is 0 Å². The molecule has 0 aromatic carbocycles. The zero-order chi connectivity index (χ0) is 14.8. The average molecular weight is 338 g/mol. The van der Waals surface area contributed by atoms with Gasteiger partial charge in [0.05, 0.1) is 12.2 Å². The van der Waals surface area contributed by atoms with Crippen LogP contribution in [-0.4, -0.2) is 43.8 Å². The minimum atomic E-state index is -3.73. The lowest BCUT2D eigenvalue weighted by atomic mass is 10.1. The second-order valence-electron chi connectivity index (χ2n) is 4.61. The summed E-state index contributed by atoms with van der Waals surface area (Å²) in [6, 6.07) is 0. The van der Waals surface area contributed by atoms with E-state index in [2.05, 4.69) is 9.71 Å². The molecule has 0 bridgehead atoms. The number of amides is 1. The Kier molecular flexibility index (Phi) is 5.00. The lowest BCUT2D eigenvalue weighted by Gasteiger charge is -2.26. The molecule has 6 nitrogen and oxygen atoms in total. The molecule has 0 aliphatic carbocycles. The highest BCUT2D eigenvalue weighted by Gasteiger charge is 2.24. The Balaban J connectivity index is 1.98. The molecular weight excluding hydrogens is 322 g/mol. The van der Waals surface area contributed by atoms with Crippen molar-refractivity contribution in [2.45, 2.75) is 30.4 Å². The molecular formula is C11H16ClN3O3S2. The van der Waals surface area contributed by atoms with E-state index in [4.69, 9.17) is 11.6 Å². The number of hydrogen-bond acceptors (Lipinski definition) is 5. The largest absolute Gasteiger partial charge is 0.342 e. The van der Waals surface area contributed by atoms with E-state index in [9.17, 15) is 13.2 Å². The molecule has 1 aromatic heterocycles. The van der Waals surface area contributed by atoms with Gasteiger partial charge in [0.25, 0.3) is 10.0 Å². The fourth-order valence-corrected chi connectivity index (χ4v) is 4.83. The maximum Gasteiger partial charge on any atom is 0.252 e. The third-order valence-corrected chi connectivity index (χ3v) is 6.37. The summed E-state index contributed by atoms with van der Waals surface area (Å²) in [5.41, 5.74) is 0.345. The number of hydrogen-bond donors (Lipinski definition) is 1. The summed E-state index contributed by atoms with van der Waals surface area (Å²) in [6.07, 6.45) is 3.07. The number of aryl methyl sites for hydroxylation is 1. The number of piperidine rings is 1. The Bertz CT molecular complexity index is 594. The van der Waals surface area contributed by atoms with Crippen molar-refractivity contribution < 1.29 is 13.2 Å². The van der Waals surface area contributed by atoms with Gasteiger partial charge in [0.1, 0.15) is 0 Å². The third-order valence-electron chi connectivity index (χ3n) is 3.09. The monoisotopic (exact) mass is 337 g/mol.